The molecular formula is C18H18BrN3O4S. The maximum atomic E-state index is 12.9. The van der Waals surface area contributed by atoms with Crippen molar-refractivity contribution in [3.8, 4) is 17.2 Å². The van der Waals surface area contributed by atoms with E-state index in [1.165, 1.54) is 20.3 Å². The number of benzene rings is 2. The second-order valence-electron chi connectivity index (χ2n) is 5.68. The summed E-state index contributed by atoms with van der Waals surface area (Å²) in [5, 5.41) is 4.24. The Morgan fingerprint density at radius 3 is 2.41 bits per heavy atom. The number of aryl methyl sites for hydroxylation is 1. The first-order chi connectivity index (χ1) is 12.9. The number of anilines is 1. The predicted octanol–water partition coefficient (Wildman–Crippen LogP) is 3.76. The van der Waals surface area contributed by atoms with Crippen LogP contribution in [0.3, 0.4) is 0 Å². The fraction of sp³-hybridized carbons (Fsp3) is 0.167. The lowest BCUT2D eigenvalue weighted by atomic mass is 10.3. The van der Waals surface area contributed by atoms with Gasteiger partial charge in [-0.25, -0.2) is 13.1 Å². The molecular weight excluding hydrogens is 434 g/mol. The molecule has 0 spiro atoms. The molecule has 0 aliphatic carbocycles. The van der Waals surface area contributed by atoms with Gasteiger partial charge in [-0.3, -0.25) is 4.72 Å². The molecule has 0 radical (unpaired) electrons. The van der Waals surface area contributed by atoms with Gasteiger partial charge in [-0.05, 0) is 53.2 Å². The fourth-order valence-corrected chi connectivity index (χ4v) is 4.68. The van der Waals surface area contributed by atoms with Crippen LogP contribution in [0.5, 0.6) is 11.5 Å². The van der Waals surface area contributed by atoms with Crippen LogP contribution in [-0.4, -0.2) is 32.4 Å². The van der Waals surface area contributed by atoms with E-state index in [2.05, 4.69) is 25.8 Å². The lowest BCUT2D eigenvalue weighted by Gasteiger charge is -2.14. The summed E-state index contributed by atoms with van der Waals surface area (Å²) in [7, 11) is -0.924. The minimum Gasteiger partial charge on any atom is -0.493 e. The quantitative estimate of drug-likeness (QED) is 0.616. The molecule has 0 atom stereocenters. The Kier molecular flexibility index (Phi) is 5.43. The van der Waals surface area contributed by atoms with Crippen LogP contribution < -0.4 is 14.2 Å². The zero-order valence-electron chi connectivity index (χ0n) is 14.9. The molecule has 27 heavy (non-hydrogen) atoms. The minimum atomic E-state index is -3.86. The molecule has 0 aliphatic heterocycles. The number of ether oxygens (including phenoxy) is 2. The van der Waals surface area contributed by atoms with Crippen molar-refractivity contribution in [2.75, 3.05) is 18.9 Å². The third kappa shape index (κ3) is 3.93. The second kappa shape index (κ2) is 7.61. The molecule has 1 heterocycles. The van der Waals surface area contributed by atoms with Crippen molar-refractivity contribution in [2.24, 2.45) is 0 Å². The summed E-state index contributed by atoms with van der Waals surface area (Å²) in [6, 6.07) is 11.8. The number of methoxy groups -OCH3 is 2. The van der Waals surface area contributed by atoms with Crippen molar-refractivity contribution in [1.29, 1.82) is 0 Å². The maximum absolute atomic E-state index is 12.9. The number of hydrogen-bond donors (Lipinski definition) is 1. The SMILES string of the molecule is COc1cc(Br)c(S(=O)(=O)Nc2cccc(-n3nccc3C)c2)cc1OC. The topological polar surface area (TPSA) is 82.5 Å². The number of halogens is 1. The molecule has 0 amide bonds. The third-order valence-corrected chi connectivity index (χ3v) is 6.24. The van der Waals surface area contributed by atoms with Crippen LogP contribution in [0.2, 0.25) is 0 Å². The van der Waals surface area contributed by atoms with E-state index in [1.807, 2.05) is 19.1 Å². The van der Waals surface area contributed by atoms with Crippen molar-refractivity contribution in [2.45, 2.75) is 11.8 Å². The number of sulfonamides is 1. The molecule has 0 fully saturated rings. The number of nitrogens with zero attached hydrogens (tertiary/aromatic N) is 2. The summed E-state index contributed by atoms with van der Waals surface area (Å²) in [5.41, 5.74) is 2.12. The molecule has 1 N–H and O–H groups in total. The van der Waals surface area contributed by atoms with Gasteiger partial charge in [0.1, 0.15) is 4.90 Å². The van der Waals surface area contributed by atoms with Gasteiger partial charge in [0.2, 0.25) is 0 Å². The summed E-state index contributed by atoms with van der Waals surface area (Å²) in [6.07, 6.45) is 1.69. The maximum Gasteiger partial charge on any atom is 0.263 e. The molecule has 3 rings (SSSR count). The molecule has 1 aromatic heterocycles. The number of hydrogen-bond acceptors (Lipinski definition) is 5. The zero-order chi connectivity index (χ0) is 19.6. The highest BCUT2D eigenvalue weighted by molar-refractivity contribution is 9.10. The Bertz CT molecular complexity index is 1080. The molecule has 2 aromatic carbocycles. The van der Waals surface area contributed by atoms with Gasteiger partial charge in [0.15, 0.2) is 11.5 Å². The zero-order valence-corrected chi connectivity index (χ0v) is 17.3. The summed E-state index contributed by atoms with van der Waals surface area (Å²) in [5.74, 6) is 0.751. The summed E-state index contributed by atoms with van der Waals surface area (Å²) in [4.78, 5) is 0.0424. The summed E-state index contributed by atoms with van der Waals surface area (Å²) < 4.78 is 40.9. The van der Waals surface area contributed by atoms with Crippen LogP contribution in [0.15, 0.2) is 58.0 Å². The molecule has 7 nitrogen and oxygen atoms in total. The minimum absolute atomic E-state index is 0.0424. The summed E-state index contributed by atoms with van der Waals surface area (Å²) >= 11 is 3.29. The van der Waals surface area contributed by atoms with E-state index in [-0.39, 0.29) is 4.90 Å². The molecule has 142 valence electrons. The first kappa shape index (κ1) is 19.2. The monoisotopic (exact) mass is 451 g/mol. The largest absolute Gasteiger partial charge is 0.493 e. The van der Waals surface area contributed by atoms with E-state index in [0.29, 0.717) is 21.7 Å². The van der Waals surface area contributed by atoms with E-state index in [9.17, 15) is 8.42 Å². The molecule has 0 saturated carbocycles. The Labute approximate surface area is 166 Å². The van der Waals surface area contributed by atoms with Gasteiger partial charge in [-0.15, -0.1) is 0 Å². The van der Waals surface area contributed by atoms with Crippen molar-refractivity contribution < 1.29 is 17.9 Å². The third-order valence-electron chi connectivity index (χ3n) is 3.90. The van der Waals surface area contributed by atoms with Crippen LogP contribution in [-0.2, 0) is 10.0 Å². The number of rotatable bonds is 6. The van der Waals surface area contributed by atoms with E-state index < -0.39 is 10.0 Å². The van der Waals surface area contributed by atoms with E-state index in [1.54, 1.807) is 35.1 Å². The van der Waals surface area contributed by atoms with E-state index in [4.69, 9.17) is 9.47 Å². The first-order valence-corrected chi connectivity index (χ1v) is 10.2. The second-order valence-corrected chi connectivity index (χ2v) is 8.18. The molecule has 0 bridgehead atoms. The first-order valence-electron chi connectivity index (χ1n) is 7.91. The average Bonchev–Trinajstić information content (AvgIpc) is 3.07. The van der Waals surface area contributed by atoms with E-state index in [0.717, 1.165) is 11.4 Å². The molecule has 0 unspecified atom stereocenters. The van der Waals surface area contributed by atoms with Crippen LogP contribution in [0.4, 0.5) is 5.69 Å². The van der Waals surface area contributed by atoms with Gasteiger partial charge in [-0.1, -0.05) is 6.07 Å². The molecule has 0 aliphatic rings. The van der Waals surface area contributed by atoms with Crippen LogP contribution in [0.25, 0.3) is 5.69 Å². The average molecular weight is 452 g/mol. The Balaban J connectivity index is 1.97. The number of nitrogens with one attached hydrogen (secondary N) is 1. The molecule has 3 aromatic rings. The van der Waals surface area contributed by atoms with Gasteiger partial charge in [0.25, 0.3) is 10.0 Å². The molecule has 0 saturated heterocycles. The number of aromatic nitrogens is 2. The Morgan fingerprint density at radius 2 is 1.78 bits per heavy atom. The van der Waals surface area contributed by atoms with Gasteiger partial charge < -0.3 is 9.47 Å². The normalized spacial score (nSPS) is 11.3. The predicted molar refractivity (Wildman–Crippen MR) is 106 cm³/mol. The highest BCUT2D eigenvalue weighted by Crippen LogP contribution is 2.36. The standard InChI is InChI=1S/C18H18BrN3O4S/c1-12-7-8-20-22(12)14-6-4-5-13(9-14)21-27(23,24)18-11-17(26-3)16(25-2)10-15(18)19/h4-11,21H,1-3H3. The van der Waals surface area contributed by atoms with Gasteiger partial charge in [0.05, 0.1) is 25.6 Å². The van der Waals surface area contributed by atoms with Crippen molar-refractivity contribution in [3.63, 3.8) is 0 Å². The van der Waals surface area contributed by atoms with Crippen LogP contribution >= 0.6 is 15.9 Å². The van der Waals surface area contributed by atoms with Crippen molar-refractivity contribution >= 4 is 31.6 Å². The fourth-order valence-electron chi connectivity index (χ4n) is 2.59. The smallest absolute Gasteiger partial charge is 0.263 e. The Hall–Kier alpha value is -2.52. The van der Waals surface area contributed by atoms with Crippen molar-refractivity contribution in [3.05, 3.63) is 58.8 Å². The summed E-state index contributed by atoms with van der Waals surface area (Å²) in [6.45, 7) is 1.92. The Morgan fingerprint density at radius 1 is 1.07 bits per heavy atom. The van der Waals surface area contributed by atoms with Crippen LogP contribution in [0.1, 0.15) is 5.69 Å². The van der Waals surface area contributed by atoms with E-state index >= 15 is 0 Å². The van der Waals surface area contributed by atoms with Crippen LogP contribution in [0, 0.1) is 6.92 Å². The molecule has 9 heteroatoms. The highest BCUT2D eigenvalue weighted by atomic mass is 79.9. The van der Waals surface area contributed by atoms with Gasteiger partial charge in [0, 0.05) is 22.4 Å². The van der Waals surface area contributed by atoms with Gasteiger partial charge >= 0.3 is 0 Å². The lowest BCUT2D eigenvalue weighted by Crippen LogP contribution is -2.14. The highest BCUT2D eigenvalue weighted by Gasteiger charge is 2.21. The van der Waals surface area contributed by atoms with Gasteiger partial charge in [-0.2, -0.15) is 5.10 Å². The van der Waals surface area contributed by atoms with Crippen molar-refractivity contribution in [1.82, 2.24) is 9.78 Å². The lowest BCUT2D eigenvalue weighted by molar-refractivity contribution is 0.353.